The molecule has 2 aromatic carbocycles. The van der Waals surface area contributed by atoms with Gasteiger partial charge in [-0.2, -0.15) is 0 Å². The zero-order valence-electron chi connectivity index (χ0n) is 12.1. The lowest BCUT2D eigenvalue weighted by molar-refractivity contribution is 0.469. The van der Waals surface area contributed by atoms with Crippen molar-refractivity contribution in [3.05, 3.63) is 71.9 Å². The van der Waals surface area contributed by atoms with Crippen molar-refractivity contribution in [1.29, 1.82) is 0 Å². The van der Waals surface area contributed by atoms with Crippen molar-refractivity contribution in [3.8, 4) is 5.75 Å². The molecule has 3 aromatic rings. The standard InChI is InChI=1S/C16H14N2O4S/c19-13-6-8-14(9-7-13)23(20,21)11-16-18-17-15(22-16)10-12-4-2-1-3-5-12/h1-9,19H,10-11H2. The number of benzene rings is 2. The zero-order valence-corrected chi connectivity index (χ0v) is 12.9. The summed E-state index contributed by atoms with van der Waals surface area (Å²) < 4.78 is 30.0. The highest BCUT2D eigenvalue weighted by molar-refractivity contribution is 7.90. The average molecular weight is 330 g/mol. The molecule has 7 heteroatoms. The average Bonchev–Trinajstić information content (AvgIpc) is 2.95. The minimum absolute atomic E-state index is 0.00638. The fourth-order valence-corrected chi connectivity index (χ4v) is 3.25. The fourth-order valence-electron chi connectivity index (χ4n) is 2.09. The molecular formula is C16H14N2O4S. The molecule has 0 amide bonds. The Balaban J connectivity index is 1.74. The van der Waals surface area contributed by atoms with Crippen LogP contribution in [0.25, 0.3) is 0 Å². The molecule has 3 rings (SSSR count). The van der Waals surface area contributed by atoms with Crippen molar-refractivity contribution >= 4 is 9.84 Å². The van der Waals surface area contributed by atoms with Crippen molar-refractivity contribution in [1.82, 2.24) is 10.2 Å². The second-order valence-electron chi connectivity index (χ2n) is 5.00. The number of phenols is 1. The summed E-state index contributed by atoms with van der Waals surface area (Å²) in [6, 6.07) is 14.9. The quantitative estimate of drug-likeness (QED) is 0.772. The minimum Gasteiger partial charge on any atom is -0.508 e. The van der Waals surface area contributed by atoms with Crippen LogP contribution in [0.4, 0.5) is 0 Å². The van der Waals surface area contributed by atoms with Crippen LogP contribution in [0.15, 0.2) is 63.9 Å². The number of hydrogen-bond donors (Lipinski definition) is 1. The SMILES string of the molecule is O=S(=O)(Cc1nnc(Cc2ccccc2)o1)c1ccc(O)cc1. The lowest BCUT2D eigenvalue weighted by atomic mass is 10.2. The highest BCUT2D eigenvalue weighted by Gasteiger charge is 2.19. The first kappa shape index (κ1) is 15.2. The summed E-state index contributed by atoms with van der Waals surface area (Å²) in [6.07, 6.45) is 0.451. The van der Waals surface area contributed by atoms with Gasteiger partial charge in [0.05, 0.1) is 11.3 Å². The Labute approximate surface area is 133 Å². The Hall–Kier alpha value is -2.67. The maximum absolute atomic E-state index is 12.3. The summed E-state index contributed by atoms with van der Waals surface area (Å²) in [6.45, 7) is 0. The van der Waals surface area contributed by atoms with Crippen molar-refractivity contribution in [2.45, 2.75) is 17.1 Å². The predicted molar refractivity (Wildman–Crippen MR) is 82.5 cm³/mol. The number of hydrogen-bond acceptors (Lipinski definition) is 6. The number of sulfone groups is 1. The van der Waals surface area contributed by atoms with Crippen LogP contribution in [0.5, 0.6) is 5.75 Å². The van der Waals surface area contributed by atoms with Crippen LogP contribution in [0.3, 0.4) is 0 Å². The Kier molecular flexibility index (Phi) is 4.12. The van der Waals surface area contributed by atoms with Gasteiger partial charge in [-0.15, -0.1) is 10.2 Å². The molecule has 0 radical (unpaired) electrons. The van der Waals surface area contributed by atoms with Crippen molar-refractivity contribution in [2.24, 2.45) is 0 Å². The summed E-state index contributed by atoms with van der Waals surface area (Å²) in [4.78, 5) is 0.0955. The van der Waals surface area contributed by atoms with Gasteiger partial charge < -0.3 is 9.52 Å². The van der Waals surface area contributed by atoms with Crippen LogP contribution in [0.2, 0.25) is 0 Å². The van der Waals surface area contributed by atoms with E-state index in [1.165, 1.54) is 24.3 Å². The molecule has 0 saturated carbocycles. The van der Waals surface area contributed by atoms with Crippen LogP contribution in [0.1, 0.15) is 17.3 Å². The highest BCUT2D eigenvalue weighted by Crippen LogP contribution is 2.19. The maximum atomic E-state index is 12.3. The topological polar surface area (TPSA) is 93.3 Å². The minimum atomic E-state index is -3.60. The summed E-state index contributed by atoms with van der Waals surface area (Å²) in [5.41, 5.74) is 1.00. The molecule has 0 unspecified atom stereocenters. The van der Waals surface area contributed by atoms with E-state index in [-0.39, 0.29) is 22.3 Å². The second kappa shape index (κ2) is 6.21. The Morgan fingerprint density at radius 2 is 1.57 bits per heavy atom. The molecule has 118 valence electrons. The summed E-state index contributed by atoms with van der Waals surface area (Å²) in [5.74, 6) is 0.0440. The molecule has 0 aliphatic carbocycles. The molecule has 0 aliphatic rings. The van der Waals surface area contributed by atoms with Gasteiger partial charge in [0.25, 0.3) is 0 Å². The first-order valence-corrected chi connectivity index (χ1v) is 8.55. The number of phenolic OH excluding ortho intramolecular Hbond substituents is 1. The smallest absolute Gasteiger partial charge is 0.231 e. The molecule has 1 heterocycles. The maximum Gasteiger partial charge on any atom is 0.231 e. The highest BCUT2D eigenvalue weighted by atomic mass is 32.2. The van der Waals surface area contributed by atoms with Gasteiger partial charge in [0.15, 0.2) is 9.84 Å². The first-order chi connectivity index (χ1) is 11.0. The van der Waals surface area contributed by atoms with E-state index in [1.807, 2.05) is 30.3 Å². The van der Waals surface area contributed by atoms with Crippen LogP contribution in [-0.2, 0) is 22.0 Å². The third kappa shape index (κ3) is 3.75. The van der Waals surface area contributed by atoms with Crippen LogP contribution in [0, 0.1) is 0 Å². The number of aromatic nitrogens is 2. The number of nitrogens with zero attached hydrogens (tertiary/aromatic N) is 2. The van der Waals surface area contributed by atoms with Gasteiger partial charge in [0.1, 0.15) is 11.5 Å². The molecule has 1 N–H and O–H groups in total. The van der Waals surface area contributed by atoms with Crippen molar-refractivity contribution in [3.63, 3.8) is 0 Å². The van der Waals surface area contributed by atoms with Crippen LogP contribution in [-0.4, -0.2) is 23.7 Å². The molecule has 23 heavy (non-hydrogen) atoms. The van der Waals surface area contributed by atoms with Gasteiger partial charge in [-0.1, -0.05) is 30.3 Å². The summed E-state index contributed by atoms with van der Waals surface area (Å²) >= 11 is 0. The molecule has 6 nitrogen and oxygen atoms in total. The van der Waals surface area contributed by atoms with E-state index in [0.29, 0.717) is 12.3 Å². The van der Waals surface area contributed by atoms with Gasteiger partial charge in [-0.3, -0.25) is 0 Å². The van der Waals surface area contributed by atoms with Crippen LogP contribution >= 0.6 is 0 Å². The lowest BCUT2D eigenvalue weighted by Crippen LogP contribution is -2.05. The van der Waals surface area contributed by atoms with Gasteiger partial charge in [0, 0.05) is 0 Å². The second-order valence-corrected chi connectivity index (χ2v) is 6.99. The largest absolute Gasteiger partial charge is 0.508 e. The lowest BCUT2D eigenvalue weighted by Gasteiger charge is -2.01. The van der Waals surface area contributed by atoms with E-state index in [2.05, 4.69) is 10.2 Å². The van der Waals surface area contributed by atoms with Gasteiger partial charge >= 0.3 is 0 Å². The normalized spacial score (nSPS) is 11.5. The summed E-state index contributed by atoms with van der Waals surface area (Å²) in [5, 5.41) is 16.9. The molecule has 0 fully saturated rings. The Bertz CT molecular complexity index is 887. The van der Waals surface area contributed by atoms with Gasteiger partial charge in [0.2, 0.25) is 11.8 Å². The third-order valence-corrected chi connectivity index (χ3v) is 4.83. The van der Waals surface area contributed by atoms with Crippen molar-refractivity contribution in [2.75, 3.05) is 0 Å². The third-order valence-electron chi connectivity index (χ3n) is 3.22. The van der Waals surface area contributed by atoms with Gasteiger partial charge in [-0.05, 0) is 29.8 Å². The monoisotopic (exact) mass is 330 g/mol. The van der Waals surface area contributed by atoms with Gasteiger partial charge in [-0.25, -0.2) is 8.42 Å². The Morgan fingerprint density at radius 3 is 2.26 bits per heavy atom. The number of aromatic hydroxyl groups is 1. The predicted octanol–water partition coefficient (Wildman–Crippen LogP) is 2.34. The van der Waals surface area contributed by atoms with Crippen molar-refractivity contribution < 1.29 is 17.9 Å². The fraction of sp³-hybridized carbons (Fsp3) is 0.125. The summed E-state index contributed by atoms with van der Waals surface area (Å²) in [7, 11) is -3.60. The Morgan fingerprint density at radius 1 is 0.913 bits per heavy atom. The molecule has 0 bridgehead atoms. The molecule has 0 aliphatic heterocycles. The number of rotatable bonds is 5. The molecule has 0 saturated heterocycles. The van der Waals surface area contributed by atoms with Crippen LogP contribution < -0.4 is 0 Å². The van der Waals surface area contributed by atoms with E-state index in [1.54, 1.807) is 0 Å². The molecule has 1 aromatic heterocycles. The zero-order chi connectivity index (χ0) is 16.3. The first-order valence-electron chi connectivity index (χ1n) is 6.90. The molecule has 0 atom stereocenters. The van der Waals surface area contributed by atoms with E-state index in [4.69, 9.17) is 4.42 Å². The molecule has 0 spiro atoms. The van der Waals surface area contributed by atoms with E-state index < -0.39 is 9.84 Å². The van der Waals surface area contributed by atoms with E-state index in [9.17, 15) is 13.5 Å². The molecular weight excluding hydrogens is 316 g/mol. The van der Waals surface area contributed by atoms with E-state index >= 15 is 0 Å². The van der Waals surface area contributed by atoms with E-state index in [0.717, 1.165) is 5.56 Å².